The van der Waals surface area contributed by atoms with Crippen LogP contribution in [0.1, 0.15) is 25.6 Å². The number of aromatic nitrogens is 2. The molecule has 1 aliphatic rings. The Bertz CT molecular complexity index is 805. The highest BCUT2D eigenvalue weighted by molar-refractivity contribution is 7.89. The lowest BCUT2D eigenvalue weighted by Crippen LogP contribution is -2.25. The average Bonchev–Trinajstić information content (AvgIpc) is 3.31. The van der Waals surface area contributed by atoms with Gasteiger partial charge in [0.2, 0.25) is 10.0 Å². The van der Waals surface area contributed by atoms with Crippen LogP contribution in [0.4, 0.5) is 0 Å². The smallest absolute Gasteiger partial charge is 0.257 e. The van der Waals surface area contributed by atoms with Crippen molar-refractivity contribution in [3.05, 3.63) is 30.1 Å². The molecule has 1 unspecified atom stereocenters. The highest BCUT2D eigenvalue weighted by Crippen LogP contribution is 2.28. The van der Waals surface area contributed by atoms with Crippen molar-refractivity contribution in [2.45, 2.75) is 37.1 Å². The van der Waals surface area contributed by atoms with Gasteiger partial charge in [-0.1, -0.05) is 11.2 Å². The molecule has 1 saturated carbocycles. The van der Waals surface area contributed by atoms with Gasteiger partial charge in [-0.05, 0) is 50.9 Å². The van der Waals surface area contributed by atoms with Gasteiger partial charge in [0, 0.05) is 24.6 Å². The zero-order valence-electron chi connectivity index (χ0n) is 14.2. The van der Waals surface area contributed by atoms with Crippen LogP contribution in [0.5, 0.6) is 0 Å². The quantitative estimate of drug-likeness (QED) is 0.720. The second-order valence-electron chi connectivity index (χ2n) is 6.23. The van der Waals surface area contributed by atoms with Crippen LogP contribution in [-0.2, 0) is 16.4 Å². The van der Waals surface area contributed by atoms with Gasteiger partial charge in [0.1, 0.15) is 0 Å². The number of hydrogen-bond donors (Lipinski definition) is 2. The van der Waals surface area contributed by atoms with Crippen LogP contribution in [0, 0.1) is 5.92 Å². The maximum Gasteiger partial charge on any atom is 0.257 e. The lowest BCUT2D eigenvalue weighted by Gasteiger charge is -2.06. The number of likely N-dealkylation sites (N-methyl/N-ethyl adjacent to an activating group) is 1. The second kappa shape index (κ2) is 8.27. The van der Waals surface area contributed by atoms with E-state index in [2.05, 4.69) is 20.2 Å². The van der Waals surface area contributed by atoms with E-state index in [0.29, 0.717) is 36.2 Å². The Balaban J connectivity index is 0.00000225. The fourth-order valence-corrected chi connectivity index (χ4v) is 3.42. The Morgan fingerprint density at radius 3 is 2.80 bits per heavy atom. The molecule has 0 amide bonds. The Morgan fingerprint density at radius 2 is 2.12 bits per heavy atom. The molecule has 0 saturated heterocycles. The van der Waals surface area contributed by atoms with Gasteiger partial charge in [0.05, 0.1) is 4.90 Å². The van der Waals surface area contributed by atoms with E-state index < -0.39 is 10.0 Å². The first kappa shape index (κ1) is 19.8. The number of sulfonamides is 1. The fourth-order valence-electron chi connectivity index (χ4n) is 2.26. The topological polar surface area (TPSA) is 97.1 Å². The maximum atomic E-state index is 12.4. The molecule has 1 aromatic carbocycles. The number of hydrogen-bond acceptors (Lipinski definition) is 6. The van der Waals surface area contributed by atoms with Gasteiger partial charge >= 0.3 is 0 Å². The second-order valence-corrected chi connectivity index (χ2v) is 8.00. The fraction of sp³-hybridized carbons (Fsp3) is 0.500. The predicted molar refractivity (Wildman–Crippen MR) is 97.1 cm³/mol. The zero-order valence-corrected chi connectivity index (χ0v) is 15.9. The van der Waals surface area contributed by atoms with Crippen LogP contribution >= 0.6 is 12.4 Å². The van der Waals surface area contributed by atoms with Crippen molar-refractivity contribution in [1.29, 1.82) is 0 Å². The Kier molecular flexibility index (Phi) is 6.56. The zero-order chi connectivity index (χ0) is 17.2. The van der Waals surface area contributed by atoms with E-state index in [9.17, 15) is 8.42 Å². The molecular formula is C16H23ClN4O3S. The van der Waals surface area contributed by atoms with Gasteiger partial charge in [-0.2, -0.15) is 4.98 Å². The van der Waals surface area contributed by atoms with E-state index in [4.69, 9.17) is 4.52 Å². The maximum absolute atomic E-state index is 12.4. The molecular weight excluding hydrogens is 364 g/mol. The molecule has 0 aliphatic heterocycles. The molecule has 138 valence electrons. The van der Waals surface area contributed by atoms with Crippen molar-refractivity contribution in [3.8, 4) is 11.5 Å². The number of nitrogens with one attached hydrogen (secondary N) is 2. The molecule has 1 fully saturated rings. The van der Waals surface area contributed by atoms with Crippen molar-refractivity contribution in [1.82, 2.24) is 20.2 Å². The Labute approximate surface area is 154 Å². The summed E-state index contributed by atoms with van der Waals surface area (Å²) in [6.07, 6.45) is 2.83. The van der Waals surface area contributed by atoms with Crippen molar-refractivity contribution >= 4 is 22.4 Å². The summed E-state index contributed by atoms with van der Waals surface area (Å²) in [4.78, 5) is 4.55. The summed E-state index contributed by atoms with van der Waals surface area (Å²) >= 11 is 0. The summed E-state index contributed by atoms with van der Waals surface area (Å²) in [5, 5.41) is 7.06. The van der Waals surface area contributed by atoms with Gasteiger partial charge in [0.25, 0.3) is 5.89 Å². The minimum atomic E-state index is -3.51. The third kappa shape index (κ3) is 5.24. The third-order valence-electron chi connectivity index (χ3n) is 4.10. The molecule has 2 N–H and O–H groups in total. The van der Waals surface area contributed by atoms with Crippen LogP contribution in [-0.4, -0.2) is 38.2 Å². The van der Waals surface area contributed by atoms with Crippen LogP contribution in [0.15, 0.2) is 33.7 Å². The monoisotopic (exact) mass is 386 g/mol. The summed E-state index contributed by atoms with van der Waals surface area (Å²) in [5.74, 6) is 1.40. The van der Waals surface area contributed by atoms with Crippen molar-refractivity contribution in [2.75, 3.05) is 13.6 Å². The third-order valence-corrected chi connectivity index (χ3v) is 5.52. The van der Waals surface area contributed by atoms with Crippen LogP contribution in [0.2, 0.25) is 0 Å². The SMILES string of the molecule is CNC(C)Cc1noc(-c2cccc(S(=O)(=O)NCC3CC3)c2)n1.Cl. The number of rotatable bonds is 8. The molecule has 0 bridgehead atoms. The summed E-state index contributed by atoms with van der Waals surface area (Å²) in [5.41, 5.74) is 0.597. The molecule has 9 heteroatoms. The summed E-state index contributed by atoms with van der Waals surface area (Å²) in [6.45, 7) is 2.52. The van der Waals surface area contributed by atoms with Gasteiger partial charge in [-0.3, -0.25) is 0 Å². The van der Waals surface area contributed by atoms with Gasteiger partial charge < -0.3 is 9.84 Å². The van der Waals surface area contributed by atoms with E-state index in [0.717, 1.165) is 12.8 Å². The Hall–Kier alpha value is -1.48. The molecule has 25 heavy (non-hydrogen) atoms. The minimum Gasteiger partial charge on any atom is -0.334 e. The summed E-state index contributed by atoms with van der Waals surface area (Å²) in [6, 6.07) is 6.81. The molecule has 0 spiro atoms. The molecule has 3 rings (SSSR count). The first-order valence-corrected chi connectivity index (χ1v) is 9.56. The lowest BCUT2D eigenvalue weighted by molar-refractivity contribution is 0.418. The highest BCUT2D eigenvalue weighted by atomic mass is 35.5. The Morgan fingerprint density at radius 1 is 1.36 bits per heavy atom. The minimum absolute atomic E-state index is 0. The lowest BCUT2D eigenvalue weighted by atomic mass is 10.2. The van der Waals surface area contributed by atoms with E-state index in [-0.39, 0.29) is 23.3 Å². The highest BCUT2D eigenvalue weighted by Gasteiger charge is 2.24. The first-order chi connectivity index (χ1) is 11.5. The average molecular weight is 387 g/mol. The van der Waals surface area contributed by atoms with E-state index in [1.54, 1.807) is 24.3 Å². The summed E-state index contributed by atoms with van der Waals surface area (Å²) < 4.78 is 32.6. The number of benzene rings is 1. The molecule has 2 aromatic rings. The predicted octanol–water partition coefficient (Wildman–Crippen LogP) is 2.00. The van der Waals surface area contributed by atoms with Crippen molar-refractivity contribution in [3.63, 3.8) is 0 Å². The summed E-state index contributed by atoms with van der Waals surface area (Å²) in [7, 11) is -1.64. The first-order valence-electron chi connectivity index (χ1n) is 8.08. The molecule has 1 aromatic heterocycles. The van der Waals surface area contributed by atoms with Gasteiger partial charge in [-0.25, -0.2) is 13.1 Å². The molecule has 1 aliphatic carbocycles. The largest absolute Gasteiger partial charge is 0.334 e. The van der Waals surface area contributed by atoms with Crippen molar-refractivity contribution in [2.24, 2.45) is 5.92 Å². The van der Waals surface area contributed by atoms with Crippen LogP contribution < -0.4 is 10.0 Å². The van der Waals surface area contributed by atoms with Gasteiger partial charge in [-0.15, -0.1) is 12.4 Å². The van der Waals surface area contributed by atoms with E-state index >= 15 is 0 Å². The van der Waals surface area contributed by atoms with Gasteiger partial charge in [0.15, 0.2) is 5.82 Å². The van der Waals surface area contributed by atoms with Crippen LogP contribution in [0.3, 0.4) is 0 Å². The van der Waals surface area contributed by atoms with E-state index in [1.807, 2.05) is 14.0 Å². The molecule has 1 heterocycles. The number of nitrogens with zero attached hydrogens (tertiary/aromatic N) is 2. The molecule has 1 atom stereocenters. The molecule has 0 radical (unpaired) electrons. The van der Waals surface area contributed by atoms with Crippen LogP contribution in [0.25, 0.3) is 11.5 Å². The van der Waals surface area contributed by atoms with E-state index in [1.165, 1.54) is 0 Å². The standard InChI is InChI=1S/C16H22N4O3S.ClH/c1-11(17-2)8-15-19-16(23-20-15)13-4-3-5-14(9-13)24(21,22)18-10-12-6-7-12;/h3-5,9,11-12,17-18H,6-8,10H2,1-2H3;1H. The normalized spacial score (nSPS) is 15.6. The van der Waals surface area contributed by atoms with Crippen molar-refractivity contribution < 1.29 is 12.9 Å². The number of halogens is 1. The molecule has 7 nitrogen and oxygen atoms in total.